The zero-order chi connectivity index (χ0) is 27.1. The first-order valence-electron chi connectivity index (χ1n) is 13.3. The molecule has 1 aromatic carbocycles. The number of aliphatic carboxylic acids is 1. The molecule has 0 saturated heterocycles. The van der Waals surface area contributed by atoms with E-state index in [2.05, 4.69) is 27.7 Å². The van der Waals surface area contributed by atoms with E-state index >= 15 is 0 Å². The minimum Gasteiger partial charge on any atom is -0.508 e. The lowest BCUT2D eigenvalue weighted by atomic mass is 9.43. The lowest BCUT2D eigenvalue weighted by molar-refractivity contribution is -0.210. The van der Waals surface area contributed by atoms with Crippen LogP contribution in [0, 0.1) is 22.7 Å². The van der Waals surface area contributed by atoms with Gasteiger partial charge in [-0.05, 0) is 55.4 Å². The molecular formula is C28H38N2O7. The highest BCUT2D eigenvalue weighted by molar-refractivity contribution is 6.02. The number of nitrogens with two attached hydrogens (primary N) is 1. The molecule has 9 heteroatoms. The van der Waals surface area contributed by atoms with Gasteiger partial charge in [-0.25, -0.2) is 4.79 Å². The SMILES string of the molecule is C[C@@H]1CC[C@@H]2C(C)(C)[C@H](O)CC[C@]2(C)[C@@]12Cc1c(O)cc3c(c1O2)CN([C@@H](CCC(N)=O)C(=O)O)C3=O. The standard InChI is InChI=1S/C28H38N2O7/c1-14-5-7-20-26(2,3)21(32)9-10-27(20,4)28(14)12-16-19(31)11-15-17(23(16)37-28)13-30(24(15)34)18(25(35)36)6-8-22(29)33/h11,14,18,20-21,31-32H,5-10,12-13H2,1-4H3,(H2,29,33)(H,35,36)/t14-,18+,20-,21-,27+,28-/m1/s1. The molecule has 9 nitrogen and oxygen atoms in total. The summed E-state index contributed by atoms with van der Waals surface area (Å²) in [6.07, 6.45) is 3.24. The molecule has 0 bridgehead atoms. The van der Waals surface area contributed by atoms with E-state index in [9.17, 15) is 29.7 Å². The summed E-state index contributed by atoms with van der Waals surface area (Å²) < 4.78 is 6.97. The number of aliphatic hydroxyl groups is 1. The summed E-state index contributed by atoms with van der Waals surface area (Å²) in [7, 11) is 0. The van der Waals surface area contributed by atoms with Crippen molar-refractivity contribution in [3.8, 4) is 11.5 Å². The maximum Gasteiger partial charge on any atom is 0.326 e. The van der Waals surface area contributed by atoms with E-state index in [1.807, 2.05) is 0 Å². The molecule has 2 heterocycles. The number of carbonyl (C=O) groups is 3. The zero-order valence-electron chi connectivity index (χ0n) is 22.0. The highest BCUT2D eigenvalue weighted by Crippen LogP contribution is 2.67. The van der Waals surface area contributed by atoms with Crippen LogP contribution >= 0.6 is 0 Å². The quantitative estimate of drug-likeness (QED) is 0.472. The molecule has 2 fully saturated rings. The number of carbonyl (C=O) groups excluding carboxylic acids is 2. The van der Waals surface area contributed by atoms with E-state index in [1.165, 1.54) is 11.0 Å². The number of aromatic hydroxyl groups is 1. The van der Waals surface area contributed by atoms with Crippen LogP contribution in [0.1, 0.15) is 87.7 Å². The van der Waals surface area contributed by atoms with Gasteiger partial charge in [0, 0.05) is 29.4 Å². The van der Waals surface area contributed by atoms with E-state index in [-0.39, 0.29) is 53.4 Å². The number of fused-ring (bicyclic) bond motifs is 5. The summed E-state index contributed by atoms with van der Waals surface area (Å²) in [6.45, 7) is 8.74. The molecule has 5 N–H and O–H groups in total. The third kappa shape index (κ3) is 3.49. The number of ether oxygens (including phenoxy) is 1. The van der Waals surface area contributed by atoms with Crippen LogP contribution in [0.25, 0.3) is 0 Å². The molecule has 37 heavy (non-hydrogen) atoms. The van der Waals surface area contributed by atoms with Crippen LogP contribution < -0.4 is 10.5 Å². The number of carboxylic acids is 1. The van der Waals surface area contributed by atoms with Crippen molar-refractivity contribution in [1.29, 1.82) is 0 Å². The number of aliphatic hydroxyl groups excluding tert-OH is 1. The van der Waals surface area contributed by atoms with Crippen LogP contribution in [-0.4, -0.2) is 55.8 Å². The summed E-state index contributed by atoms with van der Waals surface area (Å²) in [5.41, 5.74) is 5.56. The number of primary amides is 1. The molecule has 1 spiro atoms. The van der Waals surface area contributed by atoms with Gasteiger partial charge in [-0.1, -0.05) is 27.7 Å². The normalized spacial score (nSPS) is 34.5. The van der Waals surface area contributed by atoms with Gasteiger partial charge >= 0.3 is 5.97 Å². The maximum atomic E-state index is 13.3. The van der Waals surface area contributed by atoms with E-state index < -0.39 is 35.5 Å². The van der Waals surface area contributed by atoms with Crippen molar-refractivity contribution >= 4 is 17.8 Å². The van der Waals surface area contributed by atoms with E-state index in [1.54, 1.807) is 0 Å². The minimum absolute atomic E-state index is 0.0159. The molecule has 2 saturated carbocycles. The highest BCUT2D eigenvalue weighted by Gasteiger charge is 2.67. The van der Waals surface area contributed by atoms with Crippen LogP contribution in [-0.2, 0) is 22.6 Å². The number of amides is 2. The van der Waals surface area contributed by atoms with E-state index in [4.69, 9.17) is 10.5 Å². The van der Waals surface area contributed by atoms with Crippen molar-refractivity contribution in [2.75, 3.05) is 0 Å². The molecule has 2 aliphatic carbocycles. The molecule has 202 valence electrons. The van der Waals surface area contributed by atoms with Gasteiger partial charge in [-0.3, -0.25) is 9.59 Å². The fourth-order valence-electron chi connectivity index (χ4n) is 8.23. The van der Waals surface area contributed by atoms with Gasteiger partial charge in [-0.2, -0.15) is 0 Å². The first-order valence-corrected chi connectivity index (χ1v) is 13.3. The van der Waals surface area contributed by atoms with Crippen LogP contribution in [0.3, 0.4) is 0 Å². The Kier molecular flexibility index (Phi) is 5.83. The second-order valence-electron chi connectivity index (χ2n) is 12.5. The summed E-state index contributed by atoms with van der Waals surface area (Å²) in [6, 6.07) is 0.227. The van der Waals surface area contributed by atoms with Crippen molar-refractivity contribution in [3.63, 3.8) is 0 Å². The summed E-state index contributed by atoms with van der Waals surface area (Å²) >= 11 is 0. The molecule has 5 rings (SSSR count). The highest BCUT2D eigenvalue weighted by atomic mass is 16.5. The third-order valence-corrected chi connectivity index (χ3v) is 10.4. The van der Waals surface area contributed by atoms with Crippen LogP contribution in [0.2, 0.25) is 0 Å². The number of carboxylic acid groups (broad SMARTS) is 1. The number of hydrogen-bond donors (Lipinski definition) is 4. The Labute approximate surface area is 217 Å². The predicted octanol–water partition coefficient (Wildman–Crippen LogP) is 2.97. The molecule has 0 radical (unpaired) electrons. The Morgan fingerprint density at radius 3 is 2.57 bits per heavy atom. The number of hydrogen-bond acceptors (Lipinski definition) is 6. The largest absolute Gasteiger partial charge is 0.508 e. The Bertz CT molecular complexity index is 1180. The smallest absolute Gasteiger partial charge is 0.326 e. The fourth-order valence-corrected chi connectivity index (χ4v) is 8.23. The molecule has 0 aromatic heterocycles. The molecule has 2 amide bonds. The average Bonchev–Trinajstić information content (AvgIpc) is 3.36. The Balaban J connectivity index is 1.55. The van der Waals surface area contributed by atoms with E-state index in [0.717, 1.165) is 19.3 Å². The minimum atomic E-state index is -1.21. The Morgan fingerprint density at radius 1 is 1.22 bits per heavy atom. The van der Waals surface area contributed by atoms with Crippen LogP contribution in [0.5, 0.6) is 11.5 Å². The van der Waals surface area contributed by atoms with Gasteiger partial charge in [-0.15, -0.1) is 0 Å². The maximum absolute atomic E-state index is 13.3. The second-order valence-corrected chi connectivity index (χ2v) is 12.5. The summed E-state index contributed by atoms with van der Waals surface area (Å²) in [4.78, 5) is 37.9. The first-order chi connectivity index (χ1) is 17.2. The number of rotatable bonds is 5. The molecule has 2 aliphatic heterocycles. The molecule has 6 atom stereocenters. The predicted molar refractivity (Wildman–Crippen MR) is 134 cm³/mol. The molecule has 4 aliphatic rings. The van der Waals surface area contributed by atoms with E-state index in [0.29, 0.717) is 29.7 Å². The van der Waals surface area contributed by atoms with Gasteiger partial charge in [0.05, 0.1) is 18.2 Å². The Hall–Kier alpha value is -2.81. The van der Waals surface area contributed by atoms with Crippen LogP contribution in [0.15, 0.2) is 6.07 Å². The summed E-state index contributed by atoms with van der Waals surface area (Å²) in [5, 5.41) is 31.8. The molecule has 1 aromatic rings. The molecular weight excluding hydrogens is 476 g/mol. The zero-order valence-corrected chi connectivity index (χ0v) is 22.0. The number of phenols is 1. The van der Waals surface area contributed by atoms with Gasteiger partial charge in [0.25, 0.3) is 5.91 Å². The van der Waals surface area contributed by atoms with Gasteiger partial charge in [0.2, 0.25) is 5.91 Å². The first kappa shape index (κ1) is 25.8. The lowest BCUT2D eigenvalue weighted by Crippen LogP contribution is -2.66. The van der Waals surface area contributed by atoms with Gasteiger partial charge in [0.15, 0.2) is 0 Å². The number of nitrogens with zero attached hydrogens (tertiary/aromatic N) is 1. The Morgan fingerprint density at radius 2 is 1.92 bits per heavy atom. The average molecular weight is 515 g/mol. The van der Waals surface area contributed by atoms with Crippen LogP contribution in [0.4, 0.5) is 0 Å². The number of benzene rings is 1. The monoisotopic (exact) mass is 514 g/mol. The third-order valence-electron chi connectivity index (χ3n) is 10.4. The number of phenolic OH excluding ortho intramolecular Hbond substituents is 1. The topological polar surface area (TPSA) is 150 Å². The van der Waals surface area contributed by atoms with Crippen molar-refractivity contribution in [2.45, 2.75) is 96.9 Å². The van der Waals surface area contributed by atoms with Crippen molar-refractivity contribution in [1.82, 2.24) is 4.90 Å². The van der Waals surface area contributed by atoms with Gasteiger partial charge in [0.1, 0.15) is 23.1 Å². The summed E-state index contributed by atoms with van der Waals surface area (Å²) in [5.74, 6) is -1.48. The van der Waals surface area contributed by atoms with Crippen molar-refractivity contribution in [2.24, 2.45) is 28.4 Å². The molecule has 0 unspecified atom stereocenters. The lowest BCUT2D eigenvalue weighted by Gasteiger charge is -2.64. The van der Waals surface area contributed by atoms with Gasteiger partial charge < -0.3 is 30.7 Å². The second kappa shape index (κ2) is 8.35. The fraction of sp³-hybridized carbons (Fsp3) is 0.679. The van der Waals surface area contributed by atoms with Crippen molar-refractivity contribution < 1.29 is 34.4 Å². The van der Waals surface area contributed by atoms with Crippen molar-refractivity contribution in [3.05, 3.63) is 22.8 Å².